The lowest BCUT2D eigenvalue weighted by Crippen LogP contribution is -2.37. The van der Waals surface area contributed by atoms with Crippen LogP contribution in [0.3, 0.4) is 0 Å². The lowest BCUT2D eigenvalue weighted by atomic mass is 9.95. The highest BCUT2D eigenvalue weighted by atomic mass is 16.2. The lowest BCUT2D eigenvalue weighted by molar-refractivity contribution is -0.131. The van der Waals surface area contributed by atoms with Crippen molar-refractivity contribution in [1.29, 1.82) is 0 Å². The molecule has 1 saturated heterocycles. The van der Waals surface area contributed by atoms with E-state index in [1.54, 1.807) is 0 Å². The summed E-state index contributed by atoms with van der Waals surface area (Å²) >= 11 is 0. The third-order valence-corrected chi connectivity index (χ3v) is 3.50. The molecule has 19 heavy (non-hydrogen) atoms. The number of carbonyl (C=O) groups excluding carboxylic acids is 1. The number of rotatable bonds is 2. The molecule has 1 aliphatic rings. The van der Waals surface area contributed by atoms with Crippen molar-refractivity contribution in [1.82, 2.24) is 10.2 Å². The quantitative estimate of drug-likeness (QED) is 0.887. The van der Waals surface area contributed by atoms with E-state index in [1.165, 1.54) is 11.1 Å². The van der Waals surface area contributed by atoms with Gasteiger partial charge in [-0.2, -0.15) is 0 Å². The lowest BCUT2D eigenvalue weighted by Gasteiger charge is -2.31. The predicted molar refractivity (Wildman–Crippen MR) is 77.7 cm³/mol. The van der Waals surface area contributed by atoms with E-state index in [0.717, 1.165) is 6.54 Å². The molecule has 0 aromatic heterocycles. The number of nitrogens with zero attached hydrogens (tertiary/aromatic N) is 1. The Kier molecular flexibility index (Phi) is 3.68. The van der Waals surface area contributed by atoms with Crippen molar-refractivity contribution in [3.05, 3.63) is 35.4 Å². The largest absolute Gasteiger partial charge is 0.321 e. The first kappa shape index (κ1) is 14.1. The van der Waals surface area contributed by atoms with E-state index < -0.39 is 0 Å². The summed E-state index contributed by atoms with van der Waals surface area (Å²) in [6.07, 6.45) is 0.00271. The van der Waals surface area contributed by atoms with Crippen molar-refractivity contribution in [3.8, 4) is 0 Å². The van der Waals surface area contributed by atoms with Crippen LogP contribution in [0, 0.1) is 12.3 Å². The molecule has 3 nitrogen and oxygen atoms in total. The Morgan fingerprint density at radius 2 is 1.89 bits per heavy atom. The zero-order valence-corrected chi connectivity index (χ0v) is 12.5. The number of hydrogen-bond donors (Lipinski definition) is 1. The molecule has 0 aliphatic carbocycles. The molecule has 1 heterocycles. The van der Waals surface area contributed by atoms with Crippen molar-refractivity contribution in [2.24, 2.45) is 5.41 Å². The first-order valence-corrected chi connectivity index (χ1v) is 6.92. The molecule has 1 N–H and O–H groups in total. The molecule has 1 fully saturated rings. The third-order valence-electron chi connectivity index (χ3n) is 3.50. The second kappa shape index (κ2) is 4.97. The summed E-state index contributed by atoms with van der Waals surface area (Å²) in [5.74, 6) is 0.197. The molecule has 0 bridgehead atoms. The molecule has 1 aliphatic heterocycles. The molecule has 2 atom stereocenters. The van der Waals surface area contributed by atoms with E-state index in [1.807, 2.05) is 24.0 Å². The Morgan fingerprint density at radius 3 is 2.47 bits per heavy atom. The summed E-state index contributed by atoms with van der Waals surface area (Å²) in [5.41, 5.74) is 2.52. The number of amides is 1. The second-order valence-electron chi connectivity index (χ2n) is 6.67. The summed E-state index contributed by atoms with van der Waals surface area (Å²) in [5, 5.41) is 3.41. The zero-order chi connectivity index (χ0) is 14.2. The summed E-state index contributed by atoms with van der Waals surface area (Å²) in [6, 6.07) is 8.17. The summed E-state index contributed by atoms with van der Waals surface area (Å²) in [7, 11) is 0. The molecule has 1 amide bonds. The van der Waals surface area contributed by atoms with E-state index in [4.69, 9.17) is 0 Å². The van der Waals surface area contributed by atoms with Crippen LogP contribution in [0.4, 0.5) is 0 Å². The van der Waals surface area contributed by atoms with Gasteiger partial charge in [-0.3, -0.25) is 10.1 Å². The summed E-state index contributed by atoms with van der Waals surface area (Å²) in [6.45, 7) is 11.3. The third kappa shape index (κ3) is 2.98. The van der Waals surface area contributed by atoms with Crippen LogP contribution in [-0.2, 0) is 4.79 Å². The van der Waals surface area contributed by atoms with Gasteiger partial charge in [0.05, 0.1) is 6.04 Å². The summed E-state index contributed by atoms with van der Waals surface area (Å²) in [4.78, 5) is 14.3. The number of aryl methyl sites for hydroxylation is 1. The Morgan fingerprint density at radius 1 is 1.26 bits per heavy atom. The minimum Gasteiger partial charge on any atom is -0.321 e. The van der Waals surface area contributed by atoms with Crippen LogP contribution >= 0.6 is 0 Å². The maximum absolute atomic E-state index is 12.3. The molecule has 2 rings (SSSR count). The van der Waals surface area contributed by atoms with Crippen LogP contribution in [0.2, 0.25) is 0 Å². The standard InChI is InChI=1S/C16H24N2O/c1-11-8-6-7-9-13(11)14-17-12(2)15(19)18(14)10-16(3,4)5/h6-9,12,14,17H,10H2,1-5H3. The highest BCUT2D eigenvalue weighted by Crippen LogP contribution is 2.30. The van der Waals surface area contributed by atoms with Gasteiger partial charge in [0, 0.05) is 6.54 Å². The van der Waals surface area contributed by atoms with Gasteiger partial charge >= 0.3 is 0 Å². The van der Waals surface area contributed by atoms with Crippen LogP contribution in [0.1, 0.15) is 45.0 Å². The van der Waals surface area contributed by atoms with Gasteiger partial charge in [0.25, 0.3) is 0 Å². The van der Waals surface area contributed by atoms with Crippen LogP contribution in [0.5, 0.6) is 0 Å². The van der Waals surface area contributed by atoms with Gasteiger partial charge in [-0.25, -0.2) is 0 Å². The van der Waals surface area contributed by atoms with Crippen molar-refractivity contribution < 1.29 is 4.79 Å². The Bertz CT molecular complexity index is 476. The fraction of sp³-hybridized carbons (Fsp3) is 0.562. The maximum atomic E-state index is 12.3. The Labute approximate surface area is 116 Å². The highest BCUT2D eigenvalue weighted by Gasteiger charge is 2.39. The molecule has 1 aromatic carbocycles. The van der Waals surface area contributed by atoms with Gasteiger partial charge in [0.2, 0.25) is 5.91 Å². The molecule has 104 valence electrons. The smallest absolute Gasteiger partial charge is 0.241 e. The molecule has 2 unspecified atom stereocenters. The average molecular weight is 260 g/mol. The number of carbonyl (C=O) groups is 1. The Hall–Kier alpha value is -1.35. The topological polar surface area (TPSA) is 32.3 Å². The van der Waals surface area contributed by atoms with E-state index in [9.17, 15) is 4.79 Å². The monoisotopic (exact) mass is 260 g/mol. The van der Waals surface area contributed by atoms with Crippen molar-refractivity contribution in [3.63, 3.8) is 0 Å². The van der Waals surface area contributed by atoms with Gasteiger partial charge in [0.1, 0.15) is 6.17 Å². The maximum Gasteiger partial charge on any atom is 0.241 e. The molecule has 1 aromatic rings. The molecular formula is C16H24N2O. The van der Waals surface area contributed by atoms with Gasteiger partial charge in [0.15, 0.2) is 0 Å². The van der Waals surface area contributed by atoms with Gasteiger partial charge in [-0.05, 0) is 30.4 Å². The van der Waals surface area contributed by atoms with Crippen LogP contribution in [-0.4, -0.2) is 23.4 Å². The zero-order valence-electron chi connectivity index (χ0n) is 12.5. The van der Waals surface area contributed by atoms with Crippen molar-refractivity contribution in [2.75, 3.05) is 6.54 Å². The first-order valence-electron chi connectivity index (χ1n) is 6.92. The SMILES string of the molecule is Cc1ccccc1C1NC(C)C(=O)N1CC(C)(C)C. The first-order chi connectivity index (χ1) is 8.79. The van der Waals surface area contributed by atoms with Crippen LogP contribution in [0.15, 0.2) is 24.3 Å². The van der Waals surface area contributed by atoms with E-state index in [2.05, 4.69) is 45.1 Å². The normalized spacial score (nSPS) is 24.1. The number of nitrogens with one attached hydrogen (secondary N) is 1. The average Bonchev–Trinajstić information content (AvgIpc) is 2.56. The van der Waals surface area contributed by atoms with Gasteiger partial charge < -0.3 is 4.90 Å². The van der Waals surface area contributed by atoms with E-state index >= 15 is 0 Å². The molecule has 0 spiro atoms. The second-order valence-corrected chi connectivity index (χ2v) is 6.67. The van der Waals surface area contributed by atoms with E-state index in [-0.39, 0.29) is 23.5 Å². The van der Waals surface area contributed by atoms with Gasteiger partial charge in [-0.15, -0.1) is 0 Å². The minimum atomic E-state index is -0.105. The summed E-state index contributed by atoms with van der Waals surface area (Å²) < 4.78 is 0. The van der Waals surface area contributed by atoms with Gasteiger partial charge in [-0.1, -0.05) is 45.0 Å². The molecule has 0 radical (unpaired) electrons. The van der Waals surface area contributed by atoms with Crippen molar-refractivity contribution in [2.45, 2.75) is 46.8 Å². The molecule has 0 saturated carbocycles. The minimum absolute atomic E-state index is 0.00271. The number of hydrogen-bond acceptors (Lipinski definition) is 2. The van der Waals surface area contributed by atoms with Crippen molar-refractivity contribution >= 4 is 5.91 Å². The van der Waals surface area contributed by atoms with Crippen LogP contribution < -0.4 is 5.32 Å². The van der Waals surface area contributed by atoms with Crippen LogP contribution in [0.25, 0.3) is 0 Å². The fourth-order valence-corrected chi connectivity index (χ4v) is 2.61. The number of benzene rings is 1. The fourth-order valence-electron chi connectivity index (χ4n) is 2.61. The molecule has 3 heteroatoms. The van der Waals surface area contributed by atoms with E-state index in [0.29, 0.717) is 0 Å². The molecular weight excluding hydrogens is 236 g/mol. The predicted octanol–water partition coefficient (Wildman–Crippen LogP) is 2.86. The Balaban J connectivity index is 2.33. The highest BCUT2D eigenvalue weighted by molar-refractivity contribution is 5.84.